The van der Waals surface area contributed by atoms with E-state index >= 15 is 0 Å². The predicted octanol–water partition coefficient (Wildman–Crippen LogP) is 1.39. The Hall–Kier alpha value is -1.75. The maximum atomic E-state index is 10.5. The van der Waals surface area contributed by atoms with Crippen molar-refractivity contribution < 1.29 is 14.3 Å². The quantitative estimate of drug-likeness (QED) is 0.733. The molecule has 1 aromatic carbocycles. The lowest BCUT2D eigenvalue weighted by Gasteiger charge is -2.14. The molecule has 1 rings (SSSR count). The van der Waals surface area contributed by atoms with Crippen LogP contribution < -0.4 is 15.8 Å². The van der Waals surface area contributed by atoms with E-state index in [2.05, 4.69) is 5.32 Å². The van der Waals surface area contributed by atoms with Crippen molar-refractivity contribution in [3.8, 4) is 5.75 Å². The molecule has 100 valence electrons. The van der Waals surface area contributed by atoms with E-state index in [1.807, 2.05) is 31.2 Å². The van der Waals surface area contributed by atoms with Gasteiger partial charge in [-0.15, -0.1) is 0 Å². The molecule has 0 fully saturated rings. The van der Waals surface area contributed by atoms with Gasteiger partial charge in [0.25, 0.3) is 0 Å². The number of anilines is 1. The second-order valence-corrected chi connectivity index (χ2v) is 4.09. The van der Waals surface area contributed by atoms with Crippen LogP contribution in [0.1, 0.15) is 13.3 Å². The van der Waals surface area contributed by atoms with Crippen molar-refractivity contribution >= 4 is 11.6 Å². The number of primary amides is 1. The Morgan fingerprint density at radius 3 is 2.61 bits per heavy atom. The standard InChI is InChI=1S/C13H20N2O3/c1-10(9-17-2)15-11-3-5-12(6-4-11)18-8-7-13(14)16/h3-6,10,15H,7-9H2,1-2H3,(H2,14,16). The van der Waals surface area contributed by atoms with E-state index in [9.17, 15) is 4.79 Å². The largest absolute Gasteiger partial charge is 0.493 e. The molecule has 1 unspecified atom stereocenters. The molecule has 0 bridgehead atoms. The summed E-state index contributed by atoms with van der Waals surface area (Å²) in [6.07, 6.45) is 0.227. The van der Waals surface area contributed by atoms with Gasteiger partial charge in [-0.25, -0.2) is 0 Å². The fourth-order valence-electron chi connectivity index (χ4n) is 1.49. The van der Waals surface area contributed by atoms with Crippen LogP contribution in [0.25, 0.3) is 0 Å². The SMILES string of the molecule is COCC(C)Nc1ccc(OCCC(N)=O)cc1. The lowest BCUT2D eigenvalue weighted by molar-refractivity contribution is -0.118. The first-order chi connectivity index (χ1) is 8.61. The summed E-state index contributed by atoms with van der Waals surface area (Å²) >= 11 is 0. The second-order valence-electron chi connectivity index (χ2n) is 4.09. The van der Waals surface area contributed by atoms with Crippen LogP contribution in [0.2, 0.25) is 0 Å². The molecule has 0 spiro atoms. The van der Waals surface area contributed by atoms with E-state index in [4.69, 9.17) is 15.2 Å². The van der Waals surface area contributed by atoms with Gasteiger partial charge in [0.2, 0.25) is 5.91 Å². The lowest BCUT2D eigenvalue weighted by Crippen LogP contribution is -2.20. The highest BCUT2D eigenvalue weighted by molar-refractivity contribution is 5.73. The molecule has 1 amide bonds. The summed E-state index contributed by atoms with van der Waals surface area (Å²) in [4.78, 5) is 10.5. The van der Waals surface area contributed by atoms with Gasteiger partial charge in [0.1, 0.15) is 5.75 Å². The maximum absolute atomic E-state index is 10.5. The minimum atomic E-state index is -0.360. The number of ether oxygens (including phenoxy) is 2. The Morgan fingerprint density at radius 2 is 2.06 bits per heavy atom. The van der Waals surface area contributed by atoms with Crippen LogP contribution in [-0.4, -0.2) is 32.3 Å². The topological polar surface area (TPSA) is 73.6 Å². The summed E-state index contributed by atoms with van der Waals surface area (Å²) in [6, 6.07) is 7.79. The number of hydrogen-bond acceptors (Lipinski definition) is 4. The number of benzene rings is 1. The molecule has 0 aliphatic rings. The van der Waals surface area contributed by atoms with Gasteiger partial charge >= 0.3 is 0 Å². The highest BCUT2D eigenvalue weighted by Gasteiger charge is 2.01. The van der Waals surface area contributed by atoms with Gasteiger partial charge in [0.05, 0.1) is 19.6 Å². The van der Waals surface area contributed by atoms with E-state index < -0.39 is 0 Å². The summed E-state index contributed by atoms with van der Waals surface area (Å²) in [7, 11) is 1.67. The molecule has 0 saturated carbocycles. The molecule has 0 saturated heterocycles. The highest BCUT2D eigenvalue weighted by Crippen LogP contribution is 2.16. The van der Waals surface area contributed by atoms with Crippen molar-refractivity contribution in [3.63, 3.8) is 0 Å². The van der Waals surface area contributed by atoms with Crippen LogP contribution >= 0.6 is 0 Å². The smallest absolute Gasteiger partial charge is 0.220 e. The van der Waals surface area contributed by atoms with Gasteiger partial charge in [-0.05, 0) is 31.2 Å². The molecule has 0 aliphatic carbocycles. The van der Waals surface area contributed by atoms with E-state index in [-0.39, 0.29) is 18.4 Å². The van der Waals surface area contributed by atoms with Crippen LogP contribution in [0.5, 0.6) is 5.75 Å². The van der Waals surface area contributed by atoms with Gasteiger partial charge in [-0.3, -0.25) is 4.79 Å². The number of hydrogen-bond donors (Lipinski definition) is 2. The molecule has 0 aromatic heterocycles. The average Bonchev–Trinajstić information content (AvgIpc) is 2.31. The molecular weight excluding hydrogens is 232 g/mol. The van der Waals surface area contributed by atoms with Gasteiger partial charge in [-0.1, -0.05) is 0 Å². The van der Waals surface area contributed by atoms with Crippen molar-refractivity contribution in [2.24, 2.45) is 5.73 Å². The second kappa shape index (κ2) is 7.55. The summed E-state index contributed by atoms with van der Waals surface area (Å²) in [5, 5.41) is 3.29. The number of rotatable bonds is 8. The van der Waals surface area contributed by atoms with Crippen LogP contribution in [0.15, 0.2) is 24.3 Å². The van der Waals surface area contributed by atoms with Crippen LogP contribution in [0, 0.1) is 0 Å². The summed E-state index contributed by atoms with van der Waals surface area (Å²) < 4.78 is 10.4. The molecule has 5 heteroatoms. The van der Waals surface area contributed by atoms with Crippen LogP contribution in [0.3, 0.4) is 0 Å². The number of nitrogens with one attached hydrogen (secondary N) is 1. The van der Waals surface area contributed by atoms with Crippen molar-refractivity contribution in [2.75, 3.05) is 25.6 Å². The fraction of sp³-hybridized carbons (Fsp3) is 0.462. The normalized spacial score (nSPS) is 11.9. The molecule has 1 aromatic rings. The monoisotopic (exact) mass is 252 g/mol. The van der Waals surface area contributed by atoms with E-state index in [0.29, 0.717) is 13.2 Å². The fourth-order valence-corrected chi connectivity index (χ4v) is 1.49. The molecule has 0 heterocycles. The van der Waals surface area contributed by atoms with E-state index in [0.717, 1.165) is 11.4 Å². The zero-order valence-electron chi connectivity index (χ0n) is 10.8. The minimum absolute atomic E-state index is 0.227. The number of nitrogens with two attached hydrogens (primary N) is 1. The number of methoxy groups -OCH3 is 1. The Balaban J connectivity index is 2.39. The first-order valence-corrected chi connectivity index (χ1v) is 5.88. The van der Waals surface area contributed by atoms with Crippen molar-refractivity contribution in [3.05, 3.63) is 24.3 Å². The third-order valence-electron chi connectivity index (χ3n) is 2.30. The molecule has 0 aliphatic heterocycles. The van der Waals surface area contributed by atoms with Gasteiger partial charge in [0, 0.05) is 18.8 Å². The average molecular weight is 252 g/mol. The zero-order chi connectivity index (χ0) is 13.4. The summed E-state index contributed by atoms with van der Waals surface area (Å²) in [5.74, 6) is 0.364. The molecule has 1 atom stereocenters. The van der Waals surface area contributed by atoms with Crippen molar-refractivity contribution in [1.29, 1.82) is 0 Å². The maximum Gasteiger partial charge on any atom is 0.220 e. The molecule has 5 nitrogen and oxygen atoms in total. The highest BCUT2D eigenvalue weighted by atomic mass is 16.5. The third-order valence-corrected chi connectivity index (χ3v) is 2.30. The van der Waals surface area contributed by atoms with E-state index in [1.54, 1.807) is 7.11 Å². The Bertz CT molecular complexity index is 365. The van der Waals surface area contributed by atoms with Gasteiger partial charge in [0.15, 0.2) is 0 Å². The molecule has 3 N–H and O–H groups in total. The third kappa shape index (κ3) is 5.54. The Labute approximate surface area is 107 Å². The van der Waals surface area contributed by atoms with Crippen LogP contribution in [-0.2, 0) is 9.53 Å². The predicted molar refractivity (Wildman–Crippen MR) is 70.7 cm³/mol. The lowest BCUT2D eigenvalue weighted by atomic mass is 10.2. The van der Waals surface area contributed by atoms with E-state index in [1.165, 1.54) is 0 Å². The van der Waals surface area contributed by atoms with Crippen molar-refractivity contribution in [2.45, 2.75) is 19.4 Å². The van der Waals surface area contributed by atoms with Gasteiger partial charge < -0.3 is 20.5 Å². The number of amides is 1. The van der Waals surface area contributed by atoms with Crippen LogP contribution in [0.4, 0.5) is 5.69 Å². The minimum Gasteiger partial charge on any atom is -0.493 e. The number of carbonyl (C=O) groups is 1. The summed E-state index contributed by atoms with van der Waals surface area (Å²) in [5.41, 5.74) is 6.02. The number of carbonyl (C=O) groups excluding carboxylic acids is 1. The molecular formula is C13H20N2O3. The first-order valence-electron chi connectivity index (χ1n) is 5.88. The van der Waals surface area contributed by atoms with Gasteiger partial charge in [-0.2, -0.15) is 0 Å². The Kier molecular flexibility index (Phi) is 6.00. The molecule has 18 heavy (non-hydrogen) atoms. The Morgan fingerprint density at radius 1 is 1.39 bits per heavy atom. The summed E-state index contributed by atoms with van der Waals surface area (Å²) in [6.45, 7) is 3.00. The van der Waals surface area contributed by atoms with Crippen molar-refractivity contribution in [1.82, 2.24) is 0 Å². The molecule has 0 radical (unpaired) electrons. The zero-order valence-corrected chi connectivity index (χ0v) is 10.8. The first kappa shape index (κ1) is 14.3.